The predicted octanol–water partition coefficient (Wildman–Crippen LogP) is -0.0124. The van der Waals surface area contributed by atoms with Gasteiger partial charge in [0.2, 0.25) is 5.91 Å². The van der Waals surface area contributed by atoms with E-state index in [0.29, 0.717) is 6.61 Å². The minimum absolute atomic E-state index is 0.0485. The summed E-state index contributed by atoms with van der Waals surface area (Å²) in [5, 5.41) is 0. The number of carbonyl (C=O) groups is 1. The van der Waals surface area contributed by atoms with Crippen LogP contribution in [0.25, 0.3) is 0 Å². The van der Waals surface area contributed by atoms with Crippen LogP contribution >= 0.6 is 0 Å². The van der Waals surface area contributed by atoms with Crippen molar-refractivity contribution in [2.24, 2.45) is 11.7 Å². The van der Waals surface area contributed by atoms with Crippen molar-refractivity contribution in [3.05, 3.63) is 0 Å². The lowest BCUT2D eigenvalue weighted by Gasteiger charge is -2.32. The molecule has 2 aliphatic rings. The fourth-order valence-electron chi connectivity index (χ4n) is 2.52. The molecule has 5 nitrogen and oxygen atoms in total. The highest BCUT2D eigenvalue weighted by molar-refractivity contribution is 5.82. The van der Waals surface area contributed by atoms with Crippen LogP contribution in [-0.2, 0) is 14.3 Å². The fourth-order valence-corrected chi connectivity index (χ4v) is 2.52. The molecular weight excluding hydrogens is 220 g/mol. The highest BCUT2D eigenvalue weighted by atomic mass is 16.5. The lowest BCUT2D eigenvalue weighted by atomic mass is 9.91. The van der Waals surface area contributed by atoms with Gasteiger partial charge in [-0.2, -0.15) is 0 Å². The maximum absolute atomic E-state index is 12.2. The smallest absolute Gasteiger partial charge is 0.239 e. The molecule has 0 aromatic heterocycles. The summed E-state index contributed by atoms with van der Waals surface area (Å²) >= 11 is 0. The maximum Gasteiger partial charge on any atom is 0.239 e. The van der Waals surface area contributed by atoms with Crippen molar-refractivity contribution in [1.29, 1.82) is 0 Å². The third kappa shape index (κ3) is 2.97. The molecule has 2 fully saturated rings. The Morgan fingerprint density at radius 2 is 1.88 bits per heavy atom. The highest BCUT2D eigenvalue weighted by Crippen LogP contribution is 2.20. The summed E-state index contributed by atoms with van der Waals surface area (Å²) in [7, 11) is 1.83. The molecule has 2 N–H and O–H groups in total. The zero-order valence-electron chi connectivity index (χ0n) is 10.4. The van der Waals surface area contributed by atoms with E-state index in [9.17, 15) is 4.79 Å². The molecule has 0 spiro atoms. The van der Waals surface area contributed by atoms with Gasteiger partial charge in [-0.15, -0.1) is 0 Å². The van der Waals surface area contributed by atoms with Crippen LogP contribution in [0.5, 0.6) is 0 Å². The quantitative estimate of drug-likeness (QED) is 0.756. The van der Waals surface area contributed by atoms with Gasteiger partial charge < -0.3 is 20.1 Å². The van der Waals surface area contributed by atoms with Crippen molar-refractivity contribution in [2.75, 3.05) is 33.5 Å². The van der Waals surface area contributed by atoms with Gasteiger partial charge in [0.15, 0.2) is 0 Å². The molecule has 2 unspecified atom stereocenters. The van der Waals surface area contributed by atoms with Gasteiger partial charge in [0.25, 0.3) is 0 Å². The van der Waals surface area contributed by atoms with E-state index >= 15 is 0 Å². The molecule has 0 aromatic carbocycles. The van der Waals surface area contributed by atoms with Crippen LogP contribution in [0, 0.1) is 5.92 Å². The average molecular weight is 242 g/mol. The molecule has 2 aliphatic heterocycles. The largest absolute Gasteiger partial charge is 0.381 e. The molecule has 17 heavy (non-hydrogen) atoms. The van der Waals surface area contributed by atoms with E-state index in [-0.39, 0.29) is 23.9 Å². The first kappa shape index (κ1) is 12.8. The summed E-state index contributed by atoms with van der Waals surface area (Å²) in [5.74, 6) is 0.313. The first-order valence-electron chi connectivity index (χ1n) is 6.38. The summed E-state index contributed by atoms with van der Waals surface area (Å²) in [6, 6.07) is -0.183. The SMILES string of the molecule is CN(C(=O)C(N)C1CCOCC1)C1CCOC1. The summed E-state index contributed by atoms with van der Waals surface area (Å²) in [4.78, 5) is 14.0. The Kier molecular flexibility index (Phi) is 4.36. The molecule has 2 rings (SSSR count). The number of likely N-dealkylation sites (N-methyl/N-ethyl adjacent to an activating group) is 1. The molecule has 0 saturated carbocycles. The molecule has 2 heterocycles. The van der Waals surface area contributed by atoms with Crippen molar-refractivity contribution in [2.45, 2.75) is 31.3 Å². The first-order valence-corrected chi connectivity index (χ1v) is 6.38. The molecule has 0 bridgehead atoms. The van der Waals surface area contributed by atoms with Gasteiger partial charge >= 0.3 is 0 Å². The molecule has 0 aliphatic carbocycles. The Labute approximate surface area is 102 Å². The summed E-state index contributed by atoms with van der Waals surface area (Å²) in [6.45, 7) is 2.83. The molecule has 98 valence electrons. The Hall–Kier alpha value is -0.650. The number of nitrogens with zero attached hydrogens (tertiary/aromatic N) is 1. The van der Waals surface area contributed by atoms with E-state index in [1.165, 1.54) is 0 Å². The van der Waals surface area contributed by atoms with Crippen LogP contribution in [0.3, 0.4) is 0 Å². The normalized spacial score (nSPS) is 28.0. The second kappa shape index (κ2) is 5.80. The van der Waals surface area contributed by atoms with Crippen LogP contribution in [-0.4, -0.2) is 56.4 Å². The second-order valence-electron chi connectivity index (χ2n) is 4.94. The van der Waals surface area contributed by atoms with Gasteiger partial charge in [-0.1, -0.05) is 0 Å². The molecule has 0 aromatic rings. The third-order valence-corrected chi connectivity index (χ3v) is 3.86. The Balaban J connectivity index is 1.88. The van der Waals surface area contributed by atoms with Crippen LogP contribution in [0.2, 0.25) is 0 Å². The number of carbonyl (C=O) groups excluding carboxylic acids is 1. The van der Waals surface area contributed by atoms with Crippen LogP contribution in [0.4, 0.5) is 0 Å². The monoisotopic (exact) mass is 242 g/mol. The van der Waals surface area contributed by atoms with Crippen LogP contribution in [0.15, 0.2) is 0 Å². The first-order chi connectivity index (χ1) is 8.20. The number of hydrogen-bond donors (Lipinski definition) is 1. The van der Waals surface area contributed by atoms with E-state index < -0.39 is 0 Å². The van der Waals surface area contributed by atoms with Gasteiger partial charge in [0.05, 0.1) is 18.7 Å². The van der Waals surface area contributed by atoms with Gasteiger partial charge in [0.1, 0.15) is 0 Å². The highest BCUT2D eigenvalue weighted by Gasteiger charge is 2.32. The molecule has 5 heteroatoms. The Bertz CT molecular complexity index is 260. The van der Waals surface area contributed by atoms with Gasteiger partial charge in [-0.25, -0.2) is 0 Å². The Morgan fingerprint density at radius 3 is 2.47 bits per heavy atom. The van der Waals surface area contributed by atoms with Crippen molar-refractivity contribution in [3.8, 4) is 0 Å². The molecule has 0 radical (unpaired) electrons. The zero-order chi connectivity index (χ0) is 12.3. The maximum atomic E-state index is 12.2. The van der Waals surface area contributed by atoms with Crippen molar-refractivity contribution in [1.82, 2.24) is 4.90 Å². The topological polar surface area (TPSA) is 64.8 Å². The van der Waals surface area contributed by atoms with Crippen molar-refractivity contribution < 1.29 is 14.3 Å². The molecule has 2 atom stereocenters. The second-order valence-corrected chi connectivity index (χ2v) is 4.94. The molecule has 1 amide bonds. The third-order valence-electron chi connectivity index (χ3n) is 3.86. The van der Waals surface area contributed by atoms with E-state index in [1.54, 1.807) is 4.90 Å². The van der Waals surface area contributed by atoms with Crippen LogP contribution < -0.4 is 5.73 Å². The predicted molar refractivity (Wildman–Crippen MR) is 63.5 cm³/mol. The Morgan fingerprint density at radius 1 is 1.24 bits per heavy atom. The number of amides is 1. The fraction of sp³-hybridized carbons (Fsp3) is 0.917. The van der Waals surface area contributed by atoms with E-state index in [0.717, 1.165) is 39.1 Å². The van der Waals surface area contributed by atoms with Gasteiger partial charge in [-0.3, -0.25) is 4.79 Å². The standard InChI is InChI=1S/C12H22N2O3/c1-14(10-4-7-17-8-10)12(15)11(13)9-2-5-16-6-3-9/h9-11H,2-8,13H2,1H3. The molecule has 2 saturated heterocycles. The number of ether oxygens (including phenoxy) is 2. The lowest BCUT2D eigenvalue weighted by Crippen LogP contribution is -2.51. The zero-order valence-corrected chi connectivity index (χ0v) is 10.4. The summed E-state index contributed by atoms with van der Waals surface area (Å²) in [6.07, 6.45) is 2.70. The number of rotatable bonds is 3. The lowest BCUT2D eigenvalue weighted by molar-refractivity contribution is -0.135. The minimum atomic E-state index is -0.385. The number of nitrogens with two attached hydrogens (primary N) is 1. The van der Waals surface area contributed by atoms with Gasteiger partial charge in [0, 0.05) is 26.9 Å². The van der Waals surface area contributed by atoms with Crippen LogP contribution in [0.1, 0.15) is 19.3 Å². The van der Waals surface area contributed by atoms with E-state index in [1.807, 2.05) is 7.05 Å². The number of hydrogen-bond acceptors (Lipinski definition) is 4. The average Bonchev–Trinajstić information content (AvgIpc) is 2.91. The van der Waals surface area contributed by atoms with E-state index in [4.69, 9.17) is 15.2 Å². The van der Waals surface area contributed by atoms with Crippen molar-refractivity contribution >= 4 is 5.91 Å². The minimum Gasteiger partial charge on any atom is -0.381 e. The van der Waals surface area contributed by atoms with Gasteiger partial charge in [-0.05, 0) is 25.2 Å². The van der Waals surface area contributed by atoms with E-state index in [2.05, 4.69) is 0 Å². The summed E-state index contributed by atoms with van der Waals surface area (Å²) < 4.78 is 10.6. The van der Waals surface area contributed by atoms with Crippen molar-refractivity contribution in [3.63, 3.8) is 0 Å². The summed E-state index contributed by atoms with van der Waals surface area (Å²) in [5.41, 5.74) is 6.07. The molecular formula is C12H22N2O3.